The van der Waals surface area contributed by atoms with Gasteiger partial charge in [-0.05, 0) is 39.0 Å². The predicted octanol–water partition coefficient (Wildman–Crippen LogP) is 4.28. The van der Waals surface area contributed by atoms with E-state index in [4.69, 9.17) is 4.74 Å². The second-order valence-electron chi connectivity index (χ2n) is 5.85. The third-order valence-electron chi connectivity index (χ3n) is 2.83. The van der Waals surface area contributed by atoms with Gasteiger partial charge in [0.15, 0.2) is 0 Å². The van der Waals surface area contributed by atoms with Gasteiger partial charge in [0.25, 0.3) is 0 Å². The highest BCUT2D eigenvalue weighted by atomic mass is 79.9. The van der Waals surface area contributed by atoms with Crippen molar-refractivity contribution in [1.29, 1.82) is 0 Å². The molecule has 1 aromatic heterocycles. The van der Waals surface area contributed by atoms with Gasteiger partial charge in [0.1, 0.15) is 5.60 Å². The van der Waals surface area contributed by atoms with Gasteiger partial charge in [0.2, 0.25) is 0 Å². The number of benzene rings is 1. The molecule has 126 valence electrons. The van der Waals surface area contributed by atoms with Crippen LogP contribution in [0.3, 0.4) is 0 Å². The van der Waals surface area contributed by atoms with Crippen LogP contribution in [0.1, 0.15) is 26.5 Å². The molecule has 0 saturated heterocycles. The molecular weight excluding hydrogens is 376 g/mol. The van der Waals surface area contributed by atoms with E-state index in [9.17, 15) is 9.59 Å². The van der Waals surface area contributed by atoms with Crippen molar-refractivity contribution in [3.8, 4) is 0 Å². The van der Waals surface area contributed by atoms with Gasteiger partial charge in [-0.25, -0.2) is 9.59 Å². The number of esters is 1. The van der Waals surface area contributed by atoms with Crippen LogP contribution in [0.5, 0.6) is 0 Å². The Kier molecular flexibility index (Phi) is 5.23. The molecule has 7 heteroatoms. The van der Waals surface area contributed by atoms with Gasteiger partial charge in [-0.2, -0.15) is 9.78 Å². The summed E-state index contributed by atoms with van der Waals surface area (Å²) >= 11 is 3.44. The fraction of sp³-hybridized carbons (Fsp3) is 0.235. The molecule has 0 N–H and O–H groups in total. The van der Waals surface area contributed by atoms with Crippen LogP contribution in [0.15, 0.2) is 41.6 Å². The number of hydrogen-bond donors (Lipinski definition) is 0. The third-order valence-corrected chi connectivity index (χ3v) is 3.49. The van der Waals surface area contributed by atoms with Crippen LogP contribution in [0.4, 0.5) is 4.79 Å². The number of ether oxygens (including phenoxy) is 2. The molecule has 6 nitrogen and oxygen atoms in total. The molecule has 0 saturated carbocycles. The SMILES string of the molecule is C=COC(=O)/C=C/c1nn(C(=O)OC(C)(C)C)c2cccc(Br)c12. The topological polar surface area (TPSA) is 70.4 Å². The van der Waals surface area contributed by atoms with Crippen LogP contribution in [0.25, 0.3) is 17.0 Å². The highest BCUT2D eigenvalue weighted by Crippen LogP contribution is 2.28. The van der Waals surface area contributed by atoms with E-state index in [-0.39, 0.29) is 0 Å². The van der Waals surface area contributed by atoms with Gasteiger partial charge in [-0.3, -0.25) is 0 Å². The number of carbonyl (C=O) groups is 2. The van der Waals surface area contributed by atoms with Gasteiger partial charge in [-0.1, -0.05) is 28.6 Å². The Balaban J connectivity index is 2.51. The van der Waals surface area contributed by atoms with E-state index in [1.54, 1.807) is 32.9 Å². The van der Waals surface area contributed by atoms with E-state index < -0.39 is 17.7 Å². The van der Waals surface area contributed by atoms with Gasteiger partial charge in [-0.15, -0.1) is 0 Å². The Hall–Kier alpha value is -2.41. The quantitative estimate of drug-likeness (QED) is 0.442. The van der Waals surface area contributed by atoms with Crippen LogP contribution in [0.2, 0.25) is 0 Å². The monoisotopic (exact) mass is 392 g/mol. The average molecular weight is 393 g/mol. The van der Waals surface area contributed by atoms with Crippen molar-refractivity contribution >= 4 is 45.0 Å². The maximum atomic E-state index is 12.4. The molecule has 0 unspecified atom stereocenters. The zero-order chi connectivity index (χ0) is 17.9. The van der Waals surface area contributed by atoms with Crippen LogP contribution in [-0.2, 0) is 14.3 Å². The summed E-state index contributed by atoms with van der Waals surface area (Å²) in [5.41, 5.74) is 0.352. The molecule has 0 aliphatic rings. The average Bonchev–Trinajstić information content (AvgIpc) is 2.84. The Morgan fingerprint density at radius 1 is 1.33 bits per heavy atom. The molecule has 2 rings (SSSR count). The molecule has 0 atom stereocenters. The van der Waals surface area contributed by atoms with E-state index >= 15 is 0 Å². The molecule has 0 aliphatic carbocycles. The predicted molar refractivity (Wildman–Crippen MR) is 94.4 cm³/mol. The van der Waals surface area contributed by atoms with E-state index in [0.29, 0.717) is 16.6 Å². The van der Waals surface area contributed by atoms with E-state index in [0.717, 1.165) is 10.7 Å². The summed E-state index contributed by atoms with van der Waals surface area (Å²) in [6.45, 7) is 8.64. The Bertz CT molecular complexity index is 831. The lowest BCUT2D eigenvalue weighted by atomic mass is 10.2. The number of halogens is 1. The number of aromatic nitrogens is 2. The maximum absolute atomic E-state index is 12.4. The van der Waals surface area contributed by atoms with Crippen LogP contribution < -0.4 is 0 Å². The normalized spacial score (nSPS) is 11.7. The van der Waals surface area contributed by atoms with E-state index in [2.05, 4.69) is 32.3 Å². The van der Waals surface area contributed by atoms with Crippen molar-refractivity contribution in [3.05, 3.63) is 47.3 Å². The summed E-state index contributed by atoms with van der Waals surface area (Å²) in [6, 6.07) is 5.35. The first kappa shape index (κ1) is 17.9. The number of fused-ring (bicyclic) bond motifs is 1. The molecular formula is C17H17BrN2O4. The fourth-order valence-corrected chi connectivity index (χ4v) is 2.54. The maximum Gasteiger partial charge on any atom is 0.435 e. The third kappa shape index (κ3) is 4.11. The first-order valence-corrected chi connectivity index (χ1v) is 7.92. The first-order valence-electron chi connectivity index (χ1n) is 7.13. The molecule has 1 aromatic carbocycles. The molecule has 0 fully saturated rings. The second-order valence-corrected chi connectivity index (χ2v) is 6.70. The Labute approximate surface area is 147 Å². The van der Waals surface area contributed by atoms with E-state index in [1.807, 2.05) is 6.07 Å². The molecule has 0 bridgehead atoms. The Morgan fingerprint density at radius 3 is 2.67 bits per heavy atom. The molecule has 0 radical (unpaired) electrons. The standard InChI is InChI=1S/C17H17BrN2O4/c1-5-23-14(21)10-9-12-15-11(18)7-6-8-13(15)20(19-12)16(22)24-17(2,3)4/h5-10H,1H2,2-4H3/b10-9+. The molecule has 2 aromatic rings. The van der Waals surface area contributed by atoms with Crippen molar-refractivity contribution in [2.75, 3.05) is 0 Å². The number of carbonyl (C=O) groups excluding carboxylic acids is 2. The number of hydrogen-bond acceptors (Lipinski definition) is 5. The molecule has 0 spiro atoms. The van der Waals surface area contributed by atoms with Gasteiger partial charge in [0, 0.05) is 15.9 Å². The van der Waals surface area contributed by atoms with Gasteiger partial charge >= 0.3 is 12.1 Å². The highest BCUT2D eigenvalue weighted by molar-refractivity contribution is 9.10. The van der Waals surface area contributed by atoms with Gasteiger partial charge < -0.3 is 9.47 Å². The van der Waals surface area contributed by atoms with Crippen LogP contribution >= 0.6 is 15.9 Å². The van der Waals surface area contributed by atoms with Crippen LogP contribution in [-0.4, -0.2) is 27.4 Å². The minimum Gasteiger partial charge on any atom is -0.442 e. The summed E-state index contributed by atoms with van der Waals surface area (Å²) in [5.74, 6) is -0.586. The zero-order valence-electron chi connectivity index (χ0n) is 13.6. The Morgan fingerprint density at radius 2 is 2.04 bits per heavy atom. The lowest BCUT2D eigenvalue weighted by Crippen LogP contribution is -2.27. The summed E-state index contributed by atoms with van der Waals surface area (Å²) in [5, 5.41) is 4.94. The fourth-order valence-electron chi connectivity index (χ4n) is 1.98. The first-order chi connectivity index (χ1) is 11.2. The van der Waals surface area contributed by atoms with Crippen molar-refractivity contribution in [1.82, 2.24) is 9.78 Å². The smallest absolute Gasteiger partial charge is 0.435 e. The molecule has 1 heterocycles. The lowest BCUT2D eigenvalue weighted by molar-refractivity contribution is -0.132. The highest BCUT2D eigenvalue weighted by Gasteiger charge is 2.22. The zero-order valence-corrected chi connectivity index (χ0v) is 15.2. The van der Waals surface area contributed by atoms with Gasteiger partial charge in [0.05, 0.1) is 17.5 Å². The minimum absolute atomic E-state index is 0.435. The number of rotatable bonds is 3. The summed E-state index contributed by atoms with van der Waals surface area (Å²) in [6.07, 6.45) is 3.13. The minimum atomic E-state index is -0.648. The summed E-state index contributed by atoms with van der Waals surface area (Å²) < 4.78 is 11.9. The molecule has 24 heavy (non-hydrogen) atoms. The van der Waals surface area contributed by atoms with Crippen molar-refractivity contribution < 1.29 is 19.1 Å². The lowest BCUT2D eigenvalue weighted by Gasteiger charge is -2.19. The number of nitrogens with zero attached hydrogens (tertiary/aromatic N) is 2. The van der Waals surface area contributed by atoms with E-state index in [1.165, 1.54) is 16.8 Å². The molecule has 0 amide bonds. The van der Waals surface area contributed by atoms with Crippen molar-refractivity contribution in [3.63, 3.8) is 0 Å². The van der Waals surface area contributed by atoms with Crippen LogP contribution in [0, 0.1) is 0 Å². The largest absolute Gasteiger partial charge is 0.442 e. The summed E-state index contributed by atoms with van der Waals surface area (Å²) in [4.78, 5) is 23.8. The second kappa shape index (κ2) is 7.00. The van der Waals surface area contributed by atoms with Crippen molar-refractivity contribution in [2.24, 2.45) is 0 Å². The molecule has 0 aliphatic heterocycles. The summed E-state index contributed by atoms with van der Waals surface area (Å²) in [7, 11) is 0. The van der Waals surface area contributed by atoms with Crippen molar-refractivity contribution in [2.45, 2.75) is 26.4 Å².